The zero-order valence-corrected chi connectivity index (χ0v) is 18.6. The molecule has 0 aliphatic heterocycles. The third kappa shape index (κ3) is 4.63. The lowest BCUT2D eigenvalue weighted by Gasteiger charge is -2.22. The number of carboxylic acids is 1. The van der Waals surface area contributed by atoms with Crippen molar-refractivity contribution in [2.45, 2.75) is 24.8 Å². The number of aromatic amines is 1. The molecule has 35 heavy (non-hydrogen) atoms. The van der Waals surface area contributed by atoms with Gasteiger partial charge in [-0.15, -0.1) is 5.10 Å². The van der Waals surface area contributed by atoms with E-state index < -0.39 is 29.9 Å². The van der Waals surface area contributed by atoms with Crippen molar-refractivity contribution in [3.8, 4) is 11.1 Å². The van der Waals surface area contributed by atoms with Crippen LogP contribution >= 0.6 is 0 Å². The van der Waals surface area contributed by atoms with Crippen molar-refractivity contribution >= 4 is 23.9 Å². The van der Waals surface area contributed by atoms with Gasteiger partial charge in [-0.1, -0.05) is 60.7 Å². The van der Waals surface area contributed by atoms with Gasteiger partial charge in [0.2, 0.25) is 5.82 Å². The van der Waals surface area contributed by atoms with Crippen LogP contribution in [0.1, 0.15) is 40.5 Å². The molecule has 4 N–H and O–H groups in total. The van der Waals surface area contributed by atoms with Crippen molar-refractivity contribution in [3.63, 3.8) is 0 Å². The molecule has 2 amide bonds. The molecule has 2 aromatic carbocycles. The topological polar surface area (TPSA) is 146 Å². The smallest absolute Gasteiger partial charge is 0.414 e. The number of aliphatic carboxylic acids is 1. The molecule has 5 rings (SSSR count). The summed E-state index contributed by atoms with van der Waals surface area (Å²) in [6, 6.07) is 15.6. The van der Waals surface area contributed by atoms with Gasteiger partial charge in [-0.2, -0.15) is 4.98 Å². The summed E-state index contributed by atoms with van der Waals surface area (Å²) in [7, 11) is 0. The molecule has 2 aliphatic carbocycles. The Balaban J connectivity index is 1.17. The number of H-pyrrole nitrogens is 1. The summed E-state index contributed by atoms with van der Waals surface area (Å²) >= 11 is 0. The van der Waals surface area contributed by atoms with Crippen LogP contribution in [-0.2, 0) is 9.53 Å². The van der Waals surface area contributed by atoms with Gasteiger partial charge < -0.3 is 15.2 Å². The van der Waals surface area contributed by atoms with Crippen LogP contribution in [0.2, 0.25) is 0 Å². The van der Waals surface area contributed by atoms with Gasteiger partial charge in [0, 0.05) is 12.0 Å². The van der Waals surface area contributed by atoms with E-state index in [1.165, 1.54) is 0 Å². The number of carbonyl (C=O) groups excluding carboxylic acids is 2. The van der Waals surface area contributed by atoms with E-state index in [1.807, 2.05) is 36.4 Å². The lowest BCUT2D eigenvalue weighted by atomic mass is 9.91. The second kappa shape index (κ2) is 9.41. The average molecular weight is 473 g/mol. The lowest BCUT2D eigenvalue weighted by molar-refractivity contribution is -0.142. The minimum Gasteiger partial charge on any atom is -0.481 e. The van der Waals surface area contributed by atoms with Crippen LogP contribution < -0.4 is 10.6 Å². The normalized spacial score (nSPS) is 18.4. The van der Waals surface area contributed by atoms with Gasteiger partial charge in [-0.05, 0) is 35.1 Å². The van der Waals surface area contributed by atoms with Gasteiger partial charge in [0.1, 0.15) is 6.61 Å². The Morgan fingerprint density at radius 1 is 1.06 bits per heavy atom. The molecule has 0 spiro atoms. The first kappa shape index (κ1) is 22.3. The average Bonchev–Trinajstić information content (AvgIpc) is 3.46. The largest absolute Gasteiger partial charge is 0.481 e. The molecule has 1 heterocycles. The van der Waals surface area contributed by atoms with Crippen molar-refractivity contribution < 1.29 is 24.2 Å². The van der Waals surface area contributed by atoms with Crippen LogP contribution in [0.25, 0.3) is 11.1 Å². The number of aromatic nitrogens is 3. The fourth-order valence-electron chi connectivity index (χ4n) is 4.58. The molecule has 0 bridgehead atoms. The number of amides is 2. The van der Waals surface area contributed by atoms with Gasteiger partial charge in [0.25, 0.3) is 11.9 Å². The number of nitrogens with zero attached hydrogens (tertiary/aromatic N) is 2. The Morgan fingerprint density at radius 3 is 2.43 bits per heavy atom. The fraction of sp³-hybridized carbons (Fsp3) is 0.240. The fourth-order valence-corrected chi connectivity index (χ4v) is 4.58. The number of anilines is 1. The SMILES string of the molecule is O=C(Nc1n[nH]c(C(=O)N[C@@H]2C=CC[C@@H](C(=O)O)C2)n1)OCC1c2ccccc2-c2ccccc21. The Kier molecular flexibility index (Phi) is 6.01. The van der Waals surface area contributed by atoms with Crippen LogP contribution in [0.5, 0.6) is 0 Å². The van der Waals surface area contributed by atoms with Crippen LogP contribution in [-0.4, -0.2) is 50.9 Å². The van der Waals surface area contributed by atoms with Crippen LogP contribution in [0, 0.1) is 5.92 Å². The molecule has 3 aromatic rings. The van der Waals surface area contributed by atoms with Crippen molar-refractivity contribution in [1.82, 2.24) is 20.5 Å². The molecule has 0 unspecified atom stereocenters. The lowest BCUT2D eigenvalue weighted by Crippen LogP contribution is -2.38. The number of ether oxygens (including phenoxy) is 1. The predicted octanol–water partition coefficient (Wildman–Crippen LogP) is 3.31. The maximum atomic E-state index is 12.5. The first-order valence-electron chi connectivity index (χ1n) is 11.2. The zero-order chi connectivity index (χ0) is 24.4. The van der Waals surface area contributed by atoms with Crippen molar-refractivity contribution in [3.05, 3.63) is 77.6 Å². The highest BCUT2D eigenvalue weighted by molar-refractivity contribution is 5.91. The summed E-state index contributed by atoms with van der Waals surface area (Å²) in [6.07, 6.45) is 3.47. The van der Waals surface area contributed by atoms with E-state index in [0.717, 1.165) is 22.3 Å². The van der Waals surface area contributed by atoms with E-state index in [2.05, 4.69) is 37.9 Å². The first-order chi connectivity index (χ1) is 17.0. The van der Waals surface area contributed by atoms with Crippen LogP contribution in [0.4, 0.5) is 10.7 Å². The summed E-state index contributed by atoms with van der Waals surface area (Å²) in [4.78, 5) is 40.0. The van der Waals surface area contributed by atoms with Crippen molar-refractivity contribution in [2.24, 2.45) is 5.92 Å². The summed E-state index contributed by atoms with van der Waals surface area (Å²) in [5.74, 6) is -2.30. The molecule has 2 aliphatic rings. The second-order valence-electron chi connectivity index (χ2n) is 8.47. The minimum absolute atomic E-state index is 0.0835. The first-order valence-corrected chi connectivity index (χ1v) is 11.2. The maximum Gasteiger partial charge on any atom is 0.414 e. The van der Waals surface area contributed by atoms with Gasteiger partial charge in [-0.25, -0.2) is 4.79 Å². The quantitative estimate of drug-likeness (QED) is 0.402. The zero-order valence-electron chi connectivity index (χ0n) is 18.6. The Hall–Kier alpha value is -4.47. The number of carbonyl (C=O) groups is 3. The molecular formula is C25H23N5O5. The third-order valence-corrected chi connectivity index (χ3v) is 6.25. The number of fused-ring (bicyclic) bond motifs is 3. The van der Waals surface area contributed by atoms with Crippen LogP contribution in [0.3, 0.4) is 0 Å². The number of nitrogens with one attached hydrogen (secondary N) is 3. The number of hydrogen-bond donors (Lipinski definition) is 4. The standard InChI is InChI=1S/C25H23N5O5/c31-22(26-15-7-5-6-14(12-15)23(32)33)21-27-24(30-29-21)28-25(34)35-13-20-18-10-3-1-8-16(18)17-9-2-4-11-19(17)20/h1-5,7-11,14-15,20H,6,12-13H2,(H,26,31)(H,32,33)(H2,27,28,29,30,34)/t14-,15-/m1/s1. The van der Waals surface area contributed by atoms with E-state index in [1.54, 1.807) is 12.2 Å². The summed E-state index contributed by atoms with van der Waals surface area (Å²) < 4.78 is 5.46. The van der Waals surface area contributed by atoms with Gasteiger partial charge in [0.15, 0.2) is 0 Å². The minimum atomic E-state index is -0.900. The molecule has 0 radical (unpaired) electrons. The summed E-state index contributed by atoms with van der Waals surface area (Å²) in [6.45, 7) is 0.135. The summed E-state index contributed by atoms with van der Waals surface area (Å²) in [5.41, 5.74) is 4.45. The predicted molar refractivity (Wildman–Crippen MR) is 126 cm³/mol. The number of rotatable bonds is 6. The Morgan fingerprint density at radius 2 is 1.74 bits per heavy atom. The highest BCUT2D eigenvalue weighted by Gasteiger charge is 2.29. The van der Waals surface area contributed by atoms with Gasteiger partial charge in [0.05, 0.1) is 5.92 Å². The van der Waals surface area contributed by atoms with Gasteiger partial charge >= 0.3 is 12.1 Å². The highest BCUT2D eigenvalue weighted by Crippen LogP contribution is 2.44. The van der Waals surface area contributed by atoms with E-state index >= 15 is 0 Å². The number of benzene rings is 2. The molecule has 10 nitrogen and oxygen atoms in total. The molecular weight excluding hydrogens is 450 g/mol. The Labute approximate surface area is 200 Å². The van der Waals surface area contributed by atoms with Crippen LogP contribution in [0.15, 0.2) is 60.7 Å². The van der Waals surface area contributed by atoms with Crippen molar-refractivity contribution in [1.29, 1.82) is 0 Å². The molecule has 1 aromatic heterocycles. The third-order valence-electron chi connectivity index (χ3n) is 6.25. The number of carboxylic acid groups (broad SMARTS) is 1. The maximum absolute atomic E-state index is 12.5. The highest BCUT2D eigenvalue weighted by atomic mass is 16.5. The van der Waals surface area contributed by atoms with E-state index in [0.29, 0.717) is 6.42 Å². The van der Waals surface area contributed by atoms with Crippen molar-refractivity contribution in [2.75, 3.05) is 11.9 Å². The monoisotopic (exact) mass is 473 g/mol. The molecule has 0 saturated heterocycles. The molecule has 0 saturated carbocycles. The number of allylic oxidation sites excluding steroid dienone is 1. The molecule has 0 fully saturated rings. The Bertz CT molecular complexity index is 1270. The number of hydrogen-bond acceptors (Lipinski definition) is 6. The van der Waals surface area contributed by atoms with E-state index in [4.69, 9.17) is 4.74 Å². The molecule has 2 atom stereocenters. The van der Waals surface area contributed by atoms with E-state index in [9.17, 15) is 19.5 Å². The van der Waals surface area contributed by atoms with Gasteiger partial charge in [-0.3, -0.25) is 20.0 Å². The second-order valence-corrected chi connectivity index (χ2v) is 8.47. The summed E-state index contributed by atoms with van der Waals surface area (Å²) in [5, 5.41) is 20.6. The molecule has 178 valence electrons. The van der Waals surface area contributed by atoms with E-state index in [-0.39, 0.29) is 30.7 Å². The molecule has 10 heteroatoms.